The van der Waals surface area contributed by atoms with E-state index in [0.717, 1.165) is 0 Å². The number of hydrogen-bond donors (Lipinski definition) is 2. The summed E-state index contributed by atoms with van der Waals surface area (Å²) in [4.78, 5) is 23.8. The van der Waals surface area contributed by atoms with Gasteiger partial charge in [-0.3, -0.25) is 9.59 Å². The summed E-state index contributed by atoms with van der Waals surface area (Å²) < 4.78 is 5.82. The van der Waals surface area contributed by atoms with Gasteiger partial charge in [-0.2, -0.15) is 0 Å². The van der Waals surface area contributed by atoms with Gasteiger partial charge in [-0.05, 0) is 30.7 Å². The normalized spacial score (nSPS) is 17.2. The average Bonchev–Trinajstić information content (AvgIpc) is 2.57. The molecule has 5 heteroatoms. The Kier molecular flexibility index (Phi) is 4.57. The van der Waals surface area contributed by atoms with Gasteiger partial charge in [0.15, 0.2) is 5.75 Å². The van der Waals surface area contributed by atoms with E-state index in [2.05, 4.69) is 10.6 Å². The van der Waals surface area contributed by atoms with Crippen LogP contribution in [0.2, 0.25) is 0 Å². The number of ether oxygens (including phenoxy) is 1. The fourth-order valence-corrected chi connectivity index (χ4v) is 2.52. The third-order valence-electron chi connectivity index (χ3n) is 3.73. The highest BCUT2D eigenvalue weighted by Crippen LogP contribution is 2.30. The predicted octanol–water partition coefficient (Wildman–Crippen LogP) is 2.94. The van der Waals surface area contributed by atoms with Crippen LogP contribution in [-0.4, -0.2) is 18.4 Å². The number of piperidine rings is 1. The highest BCUT2D eigenvalue weighted by molar-refractivity contribution is 5.96. The molecule has 1 fully saturated rings. The molecule has 1 aliphatic rings. The fraction of sp³-hybridized carbons (Fsp3) is 0.222. The van der Waals surface area contributed by atoms with Gasteiger partial charge in [-0.25, -0.2) is 0 Å². The Bertz CT molecular complexity index is 700. The molecule has 2 aromatic carbocycles. The van der Waals surface area contributed by atoms with Crippen LogP contribution in [0.15, 0.2) is 54.6 Å². The van der Waals surface area contributed by atoms with E-state index in [0.29, 0.717) is 30.2 Å². The summed E-state index contributed by atoms with van der Waals surface area (Å²) in [6.45, 7) is 0.541. The Hall–Kier alpha value is -2.82. The lowest BCUT2D eigenvalue weighted by atomic mass is 9.96. The van der Waals surface area contributed by atoms with E-state index < -0.39 is 0 Å². The van der Waals surface area contributed by atoms with Crippen LogP contribution >= 0.6 is 0 Å². The van der Waals surface area contributed by atoms with Crippen LogP contribution in [0, 0.1) is 5.92 Å². The maximum Gasteiger partial charge on any atom is 0.228 e. The third kappa shape index (κ3) is 3.88. The first-order valence-corrected chi connectivity index (χ1v) is 7.62. The molecule has 5 nitrogen and oxygen atoms in total. The van der Waals surface area contributed by atoms with E-state index in [4.69, 9.17) is 4.74 Å². The van der Waals surface area contributed by atoms with Gasteiger partial charge < -0.3 is 15.4 Å². The van der Waals surface area contributed by atoms with Crippen molar-refractivity contribution in [2.24, 2.45) is 5.92 Å². The number of anilines is 1. The van der Waals surface area contributed by atoms with E-state index >= 15 is 0 Å². The molecule has 1 atom stereocenters. The van der Waals surface area contributed by atoms with Crippen LogP contribution in [0.3, 0.4) is 0 Å². The second-order valence-corrected chi connectivity index (χ2v) is 5.44. The van der Waals surface area contributed by atoms with Gasteiger partial charge in [0, 0.05) is 18.9 Å². The molecule has 3 rings (SSSR count). The first-order chi connectivity index (χ1) is 11.2. The van der Waals surface area contributed by atoms with Crippen LogP contribution in [0.5, 0.6) is 11.5 Å². The van der Waals surface area contributed by atoms with Crippen molar-refractivity contribution < 1.29 is 14.3 Å². The number of rotatable bonds is 4. The monoisotopic (exact) mass is 310 g/mol. The lowest BCUT2D eigenvalue weighted by molar-refractivity contribution is -0.129. The van der Waals surface area contributed by atoms with E-state index in [1.54, 1.807) is 12.1 Å². The molecule has 23 heavy (non-hydrogen) atoms. The molecule has 0 saturated carbocycles. The summed E-state index contributed by atoms with van der Waals surface area (Å²) in [5, 5.41) is 5.61. The minimum Gasteiger partial charge on any atom is -0.455 e. The Morgan fingerprint density at radius 1 is 1.09 bits per heavy atom. The van der Waals surface area contributed by atoms with Crippen molar-refractivity contribution in [1.29, 1.82) is 0 Å². The van der Waals surface area contributed by atoms with Crippen LogP contribution < -0.4 is 15.4 Å². The minimum atomic E-state index is -0.298. The standard InChI is InChI=1S/C18H18N2O3/c21-17-12-13(10-11-19-17)18(22)20-15-8-4-5-9-16(15)23-14-6-2-1-3-7-14/h1-9,13H,10-12H2,(H,19,21)(H,20,22). The molecule has 1 aliphatic heterocycles. The number of amides is 2. The quantitative estimate of drug-likeness (QED) is 0.912. The maximum atomic E-state index is 12.4. The molecule has 0 radical (unpaired) electrons. The molecule has 2 aromatic rings. The van der Waals surface area contributed by atoms with Crippen molar-refractivity contribution >= 4 is 17.5 Å². The topological polar surface area (TPSA) is 67.4 Å². The first kappa shape index (κ1) is 15.1. The number of nitrogens with one attached hydrogen (secondary N) is 2. The molecule has 1 heterocycles. The van der Waals surface area contributed by atoms with Gasteiger partial charge in [0.2, 0.25) is 11.8 Å². The van der Waals surface area contributed by atoms with Crippen LogP contribution in [0.4, 0.5) is 5.69 Å². The summed E-state index contributed by atoms with van der Waals surface area (Å²) in [5.41, 5.74) is 0.604. The SMILES string of the molecule is O=C1CC(C(=O)Nc2ccccc2Oc2ccccc2)CCN1. The van der Waals surface area contributed by atoms with Crippen molar-refractivity contribution in [3.63, 3.8) is 0 Å². The van der Waals surface area contributed by atoms with E-state index in [1.165, 1.54) is 0 Å². The smallest absolute Gasteiger partial charge is 0.228 e. The van der Waals surface area contributed by atoms with Gasteiger partial charge in [-0.1, -0.05) is 30.3 Å². The van der Waals surface area contributed by atoms with E-state index in [9.17, 15) is 9.59 Å². The Balaban J connectivity index is 1.72. The molecule has 2 N–H and O–H groups in total. The number of hydrogen-bond acceptors (Lipinski definition) is 3. The van der Waals surface area contributed by atoms with Gasteiger partial charge in [0.05, 0.1) is 5.69 Å². The average molecular weight is 310 g/mol. The van der Waals surface area contributed by atoms with Gasteiger partial charge >= 0.3 is 0 Å². The number of carbonyl (C=O) groups excluding carboxylic acids is 2. The Morgan fingerprint density at radius 2 is 1.83 bits per heavy atom. The molecule has 0 aromatic heterocycles. The lowest BCUT2D eigenvalue weighted by Crippen LogP contribution is -2.38. The lowest BCUT2D eigenvalue weighted by Gasteiger charge is -2.22. The van der Waals surface area contributed by atoms with E-state index in [1.807, 2.05) is 42.5 Å². The van der Waals surface area contributed by atoms with Crippen molar-refractivity contribution in [3.8, 4) is 11.5 Å². The second-order valence-electron chi connectivity index (χ2n) is 5.44. The van der Waals surface area contributed by atoms with Gasteiger partial charge in [0.1, 0.15) is 5.75 Å². The molecule has 2 amide bonds. The number of carbonyl (C=O) groups is 2. The van der Waals surface area contributed by atoms with Crippen LogP contribution in [0.1, 0.15) is 12.8 Å². The molecule has 1 unspecified atom stereocenters. The summed E-state index contributed by atoms with van der Waals surface area (Å²) >= 11 is 0. The van der Waals surface area contributed by atoms with Crippen molar-refractivity contribution in [3.05, 3.63) is 54.6 Å². The summed E-state index contributed by atoms with van der Waals surface area (Å²) in [6, 6.07) is 16.7. The van der Waals surface area contributed by atoms with E-state index in [-0.39, 0.29) is 24.2 Å². The fourth-order valence-electron chi connectivity index (χ4n) is 2.52. The molecule has 0 spiro atoms. The van der Waals surface area contributed by atoms with Crippen LogP contribution in [0.25, 0.3) is 0 Å². The largest absolute Gasteiger partial charge is 0.455 e. The van der Waals surface area contributed by atoms with Crippen molar-refractivity contribution in [2.45, 2.75) is 12.8 Å². The maximum absolute atomic E-state index is 12.4. The summed E-state index contributed by atoms with van der Waals surface area (Å²) in [7, 11) is 0. The highest BCUT2D eigenvalue weighted by atomic mass is 16.5. The summed E-state index contributed by atoms with van der Waals surface area (Å²) in [5.74, 6) is 0.751. The Morgan fingerprint density at radius 3 is 2.61 bits per heavy atom. The number of benzene rings is 2. The Labute approximate surface area is 134 Å². The molecule has 118 valence electrons. The molecule has 0 aliphatic carbocycles. The third-order valence-corrected chi connectivity index (χ3v) is 3.73. The van der Waals surface area contributed by atoms with Crippen molar-refractivity contribution in [1.82, 2.24) is 5.32 Å². The van der Waals surface area contributed by atoms with Crippen LogP contribution in [-0.2, 0) is 9.59 Å². The zero-order chi connectivity index (χ0) is 16.1. The number of para-hydroxylation sites is 3. The molecule has 1 saturated heterocycles. The van der Waals surface area contributed by atoms with Gasteiger partial charge in [-0.15, -0.1) is 0 Å². The zero-order valence-electron chi connectivity index (χ0n) is 12.6. The molecular formula is C18H18N2O3. The first-order valence-electron chi connectivity index (χ1n) is 7.62. The molecular weight excluding hydrogens is 292 g/mol. The summed E-state index contributed by atoms with van der Waals surface area (Å²) in [6.07, 6.45) is 0.882. The highest BCUT2D eigenvalue weighted by Gasteiger charge is 2.26. The minimum absolute atomic E-state index is 0.0785. The second kappa shape index (κ2) is 6.96. The predicted molar refractivity (Wildman–Crippen MR) is 87.3 cm³/mol. The molecule has 0 bridgehead atoms. The van der Waals surface area contributed by atoms with Crippen molar-refractivity contribution in [2.75, 3.05) is 11.9 Å². The van der Waals surface area contributed by atoms with Gasteiger partial charge in [0.25, 0.3) is 0 Å². The zero-order valence-corrected chi connectivity index (χ0v) is 12.6.